The zero-order chi connectivity index (χ0) is 19.2. The highest BCUT2D eigenvalue weighted by molar-refractivity contribution is 7.81. The highest BCUT2D eigenvalue weighted by atomic mass is 32.1. The van der Waals surface area contributed by atoms with Gasteiger partial charge in [-0.1, -0.05) is 0 Å². The van der Waals surface area contributed by atoms with Crippen LogP contribution in [-0.2, 0) is 4.79 Å². The number of benzene rings is 1. The van der Waals surface area contributed by atoms with Crippen LogP contribution in [0.1, 0.15) is 30.5 Å². The summed E-state index contributed by atoms with van der Waals surface area (Å²) in [5.74, 6) is 0.898. The zero-order valence-electron chi connectivity index (χ0n) is 15.1. The number of rotatable bonds is 3. The van der Waals surface area contributed by atoms with Gasteiger partial charge in [0.2, 0.25) is 0 Å². The highest BCUT2D eigenvalue weighted by Crippen LogP contribution is 2.49. The molecule has 2 heterocycles. The molecule has 0 N–H and O–H groups in total. The number of methoxy groups -OCH3 is 1. The first-order valence-electron chi connectivity index (χ1n) is 8.71. The molecular weight excluding hydrogens is 360 g/mol. The number of aryl methyl sites for hydroxylation is 1. The number of anilines is 2. The van der Waals surface area contributed by atoms with E-state index in [1.807, 2.05) is 47.1 Å². The Kier molecular flexibility index (Phi) is 4.08. The van der Waals surface area contributed by atoms with Crippen LogP contribution in [0.15, 0.2) is 36.5 Å². The number of aromatic nitrogens is 1. The number of nitrogens with zero attached hydrogens (tertiary/aromatic N) is 4. The average Bonchev–Trinajstić information content (AvgIpc) is 3.06. The van der Waals surface area contributed by atoms with Gasteiger partial charge in [0, 0.05) is 12.1 Å². The van der Waals surface area contributed by atoms with Gasteiger partial charge < -0.3 is 4.74 Å². The highest BCUT2D eigenvalue weighted by Gasteiger charge is 2.63. The molecule has 2 fully saturated rings. The normalized spacial score (nSPS) is 21.4. The number of pyridine rings is 1. The van der Waals surface area contributed by atoms with E-state index in [2.05, 4.69) is 11.1 Å². The van der Waals surface area contributed by atoms with Crippen LogP contribution in [0.4, 0.5) is 11.4 Å². The van der Waals surface area contributed by atoms with Gasteiger partial charge in [-0.2, -0.15) is 5.26 Å². The van der Waals surface area contributed by atoms with Gasteiger partial charge in [0.05, 0.1) is 19.0 Å². The first-order chi connectivity index (χ1) is 13.0. The summed E-state index contributed by atoms with van der Waals surface area (Å²) in [6.45, 7) is 1.84. The Morgan fingerprint density at radius 2 is 1.96 bits per heavy atom. The maximum Gasteiger partial charge on any atom is 0.185 e. The Balaban J connectivity index is 1.78. The average molecular weight is 378 g/mol. The molecule has 0 amide bonds. The van der Waals surface area contributed by atoms with E-state index in [1.165, 1.54) is 0 Å². The van der Waals surface area contributed by atoms with Crippen LogP contribution in [0, 0.1) is 18.3 Å². The fourth-order valence-corrected chi connectivity index (χ4v) is 4.47. The molecule has 1 spiro atoms. The molecule has 4 rings (SSSR count). The minimum absolute atomic E-state index is 0.147. The lowest BCUT2D eigenvalue weighted by Gasteiger charge is -2.59. The predicted molar refractivity (Wildman–Crippen MR) is 106 cm³/mol. The van der Waals surface area contributed by atoms with Gasteiger partial charge in [0.15, 0.2) is 16.6 Å². The zero-order valence-corrected chi connectivity index (χ0v) is 15.9. The van der Waals surface area contributed by atoms with E-state index in [4.69, 9.17) is 22.2 Å². The number of nitriles is 1. The Morgan fingerprint density at radius 3 is 2.52 bits per heavy atom. The summed E-state index contributed by atoms with van der Waals surface area (Å²) in [6, 6.07) is 11.5. The minimum atomic E-state index is -0.812. The summed E-state index contributed by atoms with van der Waals surface area (Å²) in [6.07, 6.45) is 3.65. The minimum Gasteiger partial charge on any atom is -0.497 e. The van der Waals surface area contributed by atoms with E-state index >= 15 is 0 Å². The van der Waals surface area contributed by atoms with E-state index in [0.717, 1.165) is 29.1 Å². The SMILES string of the molecule is COc1ccc(N2C(=S)N(c3cnc(C#N)c(C)c3)C23CCCC3=O)cc1. The van der Waals surface area contributed by atoms with E-state index < -0.39 is 5.66 Å². The van der Waals surface area contributed by atoms with Crippen molar-refractivity contribution in [1.82, 2.24) is 4.98 Å². The van der Waals surface area contributed by atoms with Crippen molar-refractivity contribution in [2.75, 3.05) is 16.9 Å². The van der Waals surface area contributed by atoms with Crippen LogP contribution >= 0.6 is 12.2 Å². The predicted octanol–water partition coefficient (Wildman–Crippen LogP) is 3.33. The number of Topliss-reactive ketones (excluding diaryl/α,β-unsaturated/α-hetero) is 1. The first kappa shape index (κ1) is 17.4. The number of carbonyl (C=O) groups excluding carboxylic acids is 1. The van der Waals surface area contributed by atoms with Crippen molar-refractivity contribution < 1.29 is 9.53 Å². The van der Waals surface area contributed by atoms with Crippen molar-refractivity contribution >= 4 is 34.5 Å². The Labute approximate surface area is 163 Å². The maximum atomic E-state index is 13.0. The number of carbonyl (C=O) groups is 1. The largest absolute Gasteiger partial charge is 0.497 e. The van der Waals surface area contributed by atoms with Crippen molar-refractivity contribution in [3.63, 3.8) is 0 Å². The molecule has 2 aliphatic rings. The third kappa shape index (κ3) is 2.41. The summed E-state index contributed by atoms with van der Waals surface area (Å²) < 4.78 is 5.23. The molecule has 1 saturated carbocycles. The van der Waals surface area contributed by atoms with Crippen LogP contribution in [0.25, 0.3) is 0 Å². The topological polar surface area (TPSA) is 69.5 Å². The Hall–Kier alpha value is -2.98. The third-order valence-electron chi connectivity index (χ3n) is 5.26. The molecule has 7 heteroatoms. The number of ether oxygens (including phenoxy) is 1. The van der Waals surface area contributed by atoms with Crippen molar-refractivity contribution in [2.45, 2.75) is 31.8 Å². The molecule has 6 nitrogen and oxygen atoms in total. The summed E-state index contributed by atoms with van der Waals surface area (Å²) in [5.41, 5.74) is 1.95. The molecule has 0 radical (unpaired) electrons. The molecule has 1 aliphatic heterocycles. The summed E-state index contributed by atoms with van der Waals surface area (Å²) >= 11 is 5.69. The number of hydrogen-bond donors (Lipinski definition) is 0. The molecule has 0 bridgehead atoms. The van der Waals surface area contributed by atoms with E-state index in [1.54, 1.807) is 13.3 Å². The number of ketones is 1. The van der Waals surface area contributed by atoms with Crippen molar-refractivity contribution in [3.8, 4) is 11.8 Å². The first-order valence-corrected chi connectivity index (χ1v) is 9.12. The molecule has 27 heavy (non-hydrogen) atoms. The van der Waals surface area contributed by atoms with Gasteiger partial charge in [-0.05, 0) is 67.9 Å². The summed E-state index contributed by atoms with van der Waals surface area (Å²) in [5, 5.41) is 9.68. The Bertz CT molecular complexity index is 982. The number of hydrogen-bond acceptors (Lipinski definition) is 5. The lowest BCUT2D eigenvalue weighted by molar-refractivity contribution is -0.122. The van der Waals surface area contributed by atoms with Crippen molar-refractivity contribution in [1.29, 1.82) is 5.26 Å². The lowest BCUT2D eigenvalue weighted by Crippen LogP contribution is -2.80. The second-order valence-electron chi connectivity index (χ2n) is 6.72. The monoisotopic (exact) mass is 378 g/mol. The van der Waals surface area contributed by atoms with Gasteiger partial charge in [-0.25, -0.2) is 4.98 Å². The Morgan fingerprint density at radius 1 is 1.26 bits per heavy atom. The van der Waals surface area contributed by atoms with Gasteiger partial charge in [-0.3, -0.25) is 14.6 Å². The third-order valence-corrected chi connectivity index (χ3v) is 5.62. The number of thiocarbonyl (C=S) groups is 1. The van der Waals surface area contributed by atoms with Crippen LogP contribution in [0.5, 0.6) is 5.75 Å². The van der Waals surface area contributed by atoms with Gasteiger partial charge in [0.1, 0.15) is 17.5 Å². The molecule has 1 saturated heterocycles. The summed E-state index contributed by atoms with van der Waals surface area (Å²) in [4.78, 5) is 21.0. The molecule has 1 aromatic carbocycles. The fourth-order valence-electron chi connectivity index (χ4n) is 3.96. The van der Waals surface area contributed by atoms with E-state index in [9.17, 15) is 4.79 Å². The van der Waals surface area contributed by atoms with Crippen LogP contribution in [-0.4, -0.2) is 28.7 Å². The molecular formula is C20H18N4O2S. The van der Waals surface area contributed by atoms with Crippen LogP contribution in [0.3, 0.4) is 0 Å². The fraction of sp³-hybridized carbons (Fsp3) is 0.300. The van der Waals surface area contributed by atoms with Gasteiger partial charge >= 0.3 is 0 Å². The standard InChI is InChI=1S/C20H18N4O2S/c1-13-10-15(12-22-17(13)11-21)24-19(27)23(20(24)9-3-4-18(20)25)14-5-7-16(26-2)8-6-14/h5-8,10,12H,3-4,9H2,1-2H3. The van der Waals surface area contributed by atoms with Gasteiger partial charge in [0.25, 0.3) is 0 Å². The van der Waals surface area contributed by atoms with Gasteiger partial charge in [-0.15, -0.1) is 0 Å². The molecule has 1 aromatic heterocycles. The molecule has 1 atom stereocenters. The van der Waals surface area contributed by atoms with Crippen LogP contribution in [0.2, 0.25) is 0 Å². The van der Waals surface area contributed by atoms with E-state index in [-0.39, 0.29) is 5.78 Å². The van der Waals surface area contributed by atoms with Crippen LogP contribution < -0.4 is 14.5 Å². The van der Waals surface area contributed by atoms with Crippen molar-refractivity contribution in [2.24, 2.45) is 0 Å². The lowest BCUT2D eigenvalue weighted by atomic mass is 9.95. The van der Waals surface area contributed by atoms with E-state index in [0.29, 0.717) is 23.6 Å². The summed E-state index contributed by atoms with van der Waals surface area (Å²) in [7, 11) is 1.62. The quantitative estimate of drug-likeness (QED) is 0.759. The second-order valence-corrected chi connectivity index (χ2v) is 7.08. The maximum absolute atomic E-state index is 13.0. The molecule has 1 aliphatic carbocycles. The molecule has 136 valence electrons. The molecule has 2 aromatic rings. The second kappa shape index (κ2) is 6.32. The molecule has 1 unspecified atom stereocenters. The smallest absolute Gasteiger partial charge is 0.185 e. The van der Waals surface area contributed by atoms with Crippen molar-refractivity contribution in [3.05, 3.63) is 47.8 Å².